The monoisotopic (exact) mass is 286 g/mol. The molecule has 2 nitrogen and oxygen atoms in total. The molecule has 0 unspecified atom stereocenters. The maximum absolute atomic E-state index is 5.88. The number of rotatable bonds is 6. The number of benzene rings is 2. The lowest BCUT2D eigenvalue weighted by atomic mass is 10.2. The van der Waals surface area contributed by atoms with Gasteiger partial charge in [-0.25, -0.2) is 0 Å². The average Bonchev–Trinajstić information content (AvgIpc) is 2.44. The lowest BCUT2D eigenvalue weighted by molar-refractivity contribution is 0.296. The van der Waals surface area contributed by atoms with E-state index in [0.29, 0.717) is 13.2 Å². The van der Waals surface area contributed by atoms with Crippen molar-refractivity contribution in [1.29, 1.82) is 0 Å². The molecule has 0 spiro atoms. The van der Waals surface area contributed by atoms with E-state index >= 15 is 0 Å². The summed E-state index contributed by atoms with van der Waals surface area (Å²) < 4.78 is 11.6. The van der Waals surface area contributed by atoms with E-state index in [1.165, 1.54) is 11.1 Å². The molecule has 0 aliphatic carbocycles. The van der Waals surface area contributed by atoms with Crippen LogP contribution in [0.15, 0.2) is 54.6 Å². The van der Waals surface area contributed by atoms with Crippen molar-refractivity contribution in [1.82, 2.24) is 0 Å². The maximum atomic E-state index is 5.88. The fourth-order valence-corrected chi connectivity index (χ4v) is 2.32. The summed E-state index contributed by atoms with van der Waals surface area (Å²) in [5, 5.41) is 0. The van der Waals surface area contributed by atoms with Gasteiger partial charge >= 0.3 is 0 Å². The summed E-state index contributed by atoms with van der Waals surface area (Å²) in [7, 11) is -1.44. The van der Waals surface area contributed by atoms with Crippen molar-refractivity contribution in [3.8, 4) is 5.75 Å². The first-order valence-electron chi connectivity index (χ1n) is 6.92. The molecule has 0 bridgehead atoms. The highest BCUT2D eigenvalue weighted by molar-refractivity contribution is 6.69. The number of hydrogen-bond donors (Lipinski definition) is 0. The van der Waals surface area contributed by atoms with E-state index < -0.39 is 8.32 Å². The van der Waals surface area contributed by atoms with Gasteiger partial charge in [0.2, 0.25) is 0 Å². The highest BCUT2D eigenvalue weighted by Gasteiger charge is 2.13. The third-order valence-corrected chi connectivity index (χ3v) is 3.85. The van der Waals surface area contributed by atoms with E-state index in [0.717, 1.165) is 5.75 Å². The molecule has 0 fully saturated rings. The Labute approximate surface area is 122 Å². The van der Waals surface area contributed by atoms with Crippen LogP contribution in [0.3, 0.4) is 0 Å². The standard InChI is InChI=1S/C17H22O2Si/c1-20(2,3)19-14-16-9-11-17(12-10-16)18-13-15-7-5-4-6-8-15/h4-12H,13-14H2,1-3H3. The normalized spacial score (nSPS) is 11.3. The van der Waals surface area contributed by atoms with Gasteiger partial charge in [0.1, 0.15) is 12.4 Å². The van der Waals surface area contributed by atoms with Crippen LogP contribution in [-0.2, 0) is 17.6 Å². The first-order valence-corrected chi connectivity index (χ1v) is 10.3. The van der Waals surface area contributed by atoms with E-state index in [4.69, 9.17) is 9.16 Å². The first-order chi connectivity index (χ1) is 9.53. The molecule has 0 radical (unpaired) electrons. The van der Waals surface area contributed by atoms with Crippen LogP contribution in [0.5, 0.6) is 5.75 Å². The Hall–Kier alpha value is -1.58. The Morgan fingerprint density at radius 2 is 1.35 bits per heavy atom. The Bertz CT molecular complexity index is 515. The zero-order valence-electron chi connectivity index (χ0n) is 12.4. The third-order valence-electron chi connectivity index (χ3n) is 2.84. The van der Waals surface area contributed by atoms with Gasteiger partial charge in [0.05, 0.1) is 6.61 Å². The average molecular weight is 286 g/mol. The van der Waals surface area contributed by atoms with E-state index in [1.54, 1.807) is 0 Å². The third kappa shape index (κ3) is 5.19. The van der Waals surface area contributed by atoms with Gasteiger partial charge in [-0.3, -0.25) is 0 Å². The molecule has 0 aromatic heterocycles. The van der Waals surface area contributed by atoms with Crippen LogP contribution in [0.25, 0.3) is 0 Å². The molecule has 0 aliphatic rings. The van der Waals surface area contributed by atoms with Crippen LogP contribution in [0.1, 0.15) is 11.1 Å². The van der Waals surface area contributed by atoms with Crippen LogP contribution in [-0.4, -0.2) is 8.32 Å². The summed E-state index contributed by atoms with van der Waals surface area (Å²) >= 11 is 0. The van der Waals surface area contributed by atoms with E-state index in [-0.39, 0.29) is 0 Å². The smallest absolute Gasteiger partial charge is 0.184 e. The molecule has 2 rings (SSSR count). The second-order valence-corrected chi connectivity index (χ2v) is 10.3. The van der Waals surface area contributed by atoms with Crippen molar-refractivity contribution in [2.75, 3.05) is 0 Å². The molecule has 0 atom stereocenters. The number of ether oxygens (including phenoxy) is 1. The summed E-state index contributed by atoms with van der Waals surface area (Å²) in [4.78, 5) is 0. The molecule has 0 saturated heterocycles. The summed E-state index contributed by atoms with van der Waals surface area (Å²) in [5.74, 6) is 0.894. The summed E-state index contributed by atoms with van der Waals surface area (Å²) in [6.45, 7) is 7.89. The fourth-order valence-electron chi connectivity index (χ4n) is 1.72. The van der Waals surface area contributed by atoms with Crippen molar-refractivity contribution in [3.05, 3.63) is 65.7 Å². The van der Waals surface area contributed by atoms with Crippen LogP contribution in [0.4, 0.5) is 0 Å². The van der Waals surface area contributed by atoms with Gasteiger partial charge in [0.25, 0.3) is 0 Å². The second kappa shape index (κ2) is 6.73. The predicted octanol–water partition coefficient (Wildman–Crippen LogP) is 4.62. The predicted molar refractivity (Wildman–Crippen MR) is 85.4 cm³/mol. The van der Waals surface area contributed by atoms with Gasteiger partial charge < -0.3 is 9.16 Å². The van der Waals surface area contributed by atoms with Gasteiger partial charge in [-0.1, -0.05) is 42.5 Å². The van der Waals surface area contributed by atoms with Crippen molar-refractivity contribution >= 4 is 8.32 Å². The SMILES string of the molecule is C[Si](C)(C)OCc1ccc(OCc2ccccc2)cc1. The Kier molecular flexibility index (Phi) is 4.98. The molecule has 3 heteroatoms. The molecule has 106 valence electrons. The molecule has 0 saturated carbocycles. The van der Waals surface area contributed by atoms with Crippen molar-refractivity contribution in [3.63, 3.8) is 0 Å². The zero-order valence-corrected chi connectivity index (χ0v) is 13.4. The highest BCUT2D eigenvalue weighted by atomic mass is 28.4. The van der Waals surface area contributed by atoms with Crippen molar-refractivity contribution < 1.29 is 9.16 Å². The highest BCUT2D eigenvalue weighted by Crippen LogP contribution is 2.16. The summed E-state index contributed by atoms with van der Waals surface area (Å²) in [6, 6.07) is 18.3. The van der Waals surface area contributed by atoms with Gasteiger partial charge in [-0.2, -0.15) is 0 Å². The summed E-state index contributed by atoms with van der Waals surface area (Å²) in [6.07, 6.45) is 0. The van der Waals surface area contributed by atoms with Crippen LogP contribution in [0.2, 0.25) is 19.6 Å². The largest absolute Gasteiger partial charge is 0.489 e. The minimum Gasteiger partial charge on any atom is -0.489 e. The van der Waals surface area contributed by atoms with Gasteiger partial charge in [-0.15, -0.1) is 0 Å². The lowest BCUT2D eigenvalue weighted by Crippen LogP contribution is -2.24. The van der Waals surface area contributed by atoms with Gasteiger partial charge in [0, 0.05) is 0 Å². The molecular formula is C17H22O2Si. The molecule has 0 amide bonds. The van der Waals surface area contributed by atoms with Gasteiger partial charge in [0.15, 0.2) is 8.32 Å². The molecule has 20 heavy (non-hydrogen) atoms. The number of hydrogen-bond acceptors (Lipinski definition) is 2. The minimum atomic E-state index is -1.44. The van der Waals surface area contributed by atoms with Crippen molar-refractivity contribution in [2.45, 2.75) is 32.9 Å². The second-order valence-electron chi connectivity index (χ2n) is 5.82. The zero-order chi connectivity index (χ0) is 14.4. The first kappa shape index (κ1) is 14.8. The van der Waals surface area contributed by atoms with Crippen molar-refractivity contribution in [2.24, 2.45) is 0 Å². The molecule has 0 N–H and O–H groups in total. The molecular weight excluding hydrogens is 264 g/mol. The van der Waals surface area contributed by atoms with E-state index in [9.17, 15) is 0 Å². The quantitative estimate of drug-likeness (QED) is 0.722. The molecule has 0 aliphatic heterocycles. The molecule has 0 heterocycles. The van der Waals surface area contributed by atoms with Crippen LogP contribution < -0.4 is 4.74 Å². The maximum Gasteiger partial charge on any atom is 0.184 e. The minimum absolute atomic E-state index is 0.603. The fraction of sp³-hybridized carbons (Fsp3) is 0.294. The molecule has 2 aromatic rings. The van der Waals surface area contributed by atoms with E-state index in [2.05, 4.69) is 43.9 Å². The Balaban J connectivity index is 1.85. The van der Waals surface area contributed by atoms with E-state index in [1.807, 2.05) is 30.3 Å². The lowest BCUT2D eigenvalue weighted by Gasteiger charge is -2.17. The Morgan fingerprint density at radius 1 is 0.750 bits per heavy atom. The molecule has 2 aromatic carbocycles. The van der Waals surface area contributed by atoms with Crippen LogP contribution in [0, 0.1) is 0 Å². The summed E-state index contributed by atoms with van der Waals surface area (Å²) in [5.41, 5.74) is 2.37. The Morgan fingerprint density at radius 3 is 1.95 bits per heavy atom. The van der Waals surface area contributed by atoms with Crippen LogP contribution >= 0.6 is 0 Å². The topological polar surface area (TPSA) is 18.5 Å². The van der Waals surface area contributed by atoms with Gasteiger partial charge in [-0.05, 0) is 42.9 Å².